The van der Waals surface area contributed by atoms with E-state index in [1.165, 1.54) is 18.2 Å². The zero-order valence-electron chi connectivity index (χ0n) is 11.0. The fraction of sp³-hybridized carbons (Fsp3) is 0.333. The van der Waals surface area contributed by atoms with Gasteiger partial charge in [0.15, 0.2) is 0 Å². The quantitative estimate of drug-likeness (QED) is 0.473. The molecule has 0 unspecified atom stereocenters. The SMILES string of the molecule is COC(=O)C(F)(F)P(c1ccccc1)C(F)(F)C(=O)OC. The van der Waals surface area contributed by atoms with Crippen LogP contribution in [0.2, 0.25) is 0 Å². The third-order valence-corrected chi connectivity index (χ3v) is 4.74. The number of hydrogen-bond donors (Lipinski definition) is 0. The Labute approximate surface area is 118 Å². The molecule has 0 spiro atoms. The number of esters is 2. The number of halogens is 4. The monoisotopic (exact) mass is 326 g/mol. The van der Waals surface area contributed by atoms with E-state index in [1.54, 1.807) is 0 Å². The van der Waals surface area contributed by atoms with Crippen molar-refractivity contribution in [2.75, 3.05) is 14.2 Å². The Morgan fingerprint density at radius 2 is 1.29 bits per heavy atom. The second-order valence-electron chi connectivity index (χ2n) is 3.74. The van der Waals surface area contributed by atoms with Gasteiger partial charge in [0.1, 0.15) is 0 Å². The summed E-state index contributed by atoms with van der Waals surface area (Å²) in [6.07, 6.45) is 0. The van der Waals surface area contributed by atoms with Crippen molar-refractivity contribution in [2.45, 2.75) is 11.3 Å². The first-order valence-corrected chi connectivity index (χ1v) is 6.81. The Morgan fingerprint density at radius 3 is 1.62 bits per heavy atom. The van der Waals surface area contributed by atoms with Gasteiger partial charge in [-0.1, -0.05) is 30.3 Å². The van der Waals surface area contributed by atoms with E-state index in [2.05, 4.69) is 9.47 Å². The zero-order chi connectivity index (χ0) is 16.3. The molecule has 21 heavy (non-hydrogen) atoms. The molecule has 0 heterocycles. The highest BCUT2D eigenvalue weighted by Crippen LogP contribution is 2.62. The summed E-state index contributed by atoms with van der Waals surface area (Å²) in [5.41, 5.74) is -9.10. The lowest BCUT2D eigenvalue weighted by molar-refractivity contribution is -0.161. The number of benzene rings is 1. The lowest BCUT2D eigenvalue weighted by atomic mass is 10.4. The molecule has 0 radical (unpaired) electrons. The van der Waals surface area contributed by atoms with Crippen LogP contribution in [-0.4, -0.2) is 37.5 Å². The molecule has 4 nitrogen and oxygen atoms in total. The minimum Gasteiger partial charge on any atom is -0.464 e. The van der Waals surface area contributed by atoms with Crippen LogP contribution in [-0.2, 0) is 19.1 Å². The topological polar surface area (TPSA) is 52.6 Å². The van der Waals surface area contributed by atoms with Crippen LogP contribution >= 0.6 is 7.92 Å². The number of rotatable bonds is 5. The van der Waals surface area contributed by atoms with Crippen LogP contribution in [0.1, 0.15) is 0 Å². The van der Waals surface area contributed by atoms with Gasteiger partial charge in [0.25, 0.3) is 0 Å². The molecule has 0 fully saturated rings. The first kappa shape index (κ1) is 17.4. The van der Waals surface area contributed by atoms with Gasteiger partial charge in [-0.3, -0.25) is 0 Å². The maximum atomic E-state index is 14.0. The summed E-state index contributed by atoms with van der Waals surface area (Å²) in [4.78, 5) is 22.3. The minimum absolute atomic E-state index is 0.529. The maximum absolute atomic E-state index is 14.0. The van der Waals surface area contributed by atoms with E-state index < -0.39 is 36.5 Å². The van der Waals surface area contributed by atoms with Crippen LogP contribution in [0.15, 0.2) is 30.3 Å². The molecule has 0 aliphatic heterocycles. The smallest absolute Gasteiger partial charge is 0.381 e. The molecule has 1 rings (SSSR count). The third-order valence-electron chi connectivity index (χ3n) is 2.44. The zero-order valence-corrected chi connectivity index (χ0v) is 11.9. The molecule has 0 aliphatic rings. The number of hydrogen-bond acceptors (Lipinski definition) is 4. The van der Waals surface area contributed by atoms with E-state index in [0.29, 0.717) is 14.2 Å². The summed E-state index contributed by atoms with van der Waals surface area (Å²) in [6.45, 7) is 0. The van der Waals surface area contributed by atoms with E-state index in [9.17, 15) is 27.2 Å². The molecule has 0 N–H and O–H groups in total. The van der Waals surface area contributed by atoms with E-state index in [4.69, 9.17) is 0 Å². The lowest BCUT2D eigenvalue weighted by Crippen LogP contribution is -2.42. The van der Waals surface area contributed by atoms with E-state index in [0.717, 1.165) is 12.1 Å². The highest BCUT2D eigenvalue weighted by atomic mass is 31.1. The summed E-state index contributed by atoms with van der Waals surface area (Å²) >= 11 is 0. The Morgan fingerprint density at radius 1 is 0.905 bits per heavy atom. The molecule has 9 heteroatoms. The normalized spacial score (nSPS) is 12.1. The van der Waals surface area contributed by atoms with Crippen molar-refractivity contribution in [3.05, 3.63) is 30.3 Å². The molecule has 0 saturated heterocycles. The predicted octanol–water partition coefficient (Wildman–Crippen LogP) is 2.33. The fourth-order valence-corrected chi connectivity index (χ4v) is 3.53. The van der Waals surface area contributed by atoms with Crippen LogP contribution in [0, 0.1) is 0 Å². The standard InChI is InChI=1S/C12H11F4O4P/c1-19-9(17)11(13,14)21(8-6-4-3-5-7-8)12(15,16)10(18)20-2/h3-7H,1-2H3. The lowest BCUT2D eigenvalue weighted by Gasteiger charge is -2.30. The summed E-state index contributed by atoms with van der Waals surface area (Å²) in [7, 11) is -2.56. The van der Waals surface area contributed by atoms with Gasteiger partial charge in [-0.25, -0.2) is 9.59 Å². The van der Waals surface area contributed by atoms with Gasteiger partial charge in [-0.2, -0.15) is 17.6 Å². The first-order valence-electron chi connectivity index (χ1n) is 5.47. The van der Waals surface area contributed by atoms with Gasteiger partial charge in [-0.05, 0) is 5.30 Å². The van der Waals surface area contributed by atoms with Crippen LogP contribution in [0.5, 0.6) is 0 Å². The molecule has 1 aromatic rings. The van der Waals surface area contributed by atoms with Gasteiger partial charge in [0, 0.05) is 0 Å². The average molecular weight is 326 g/mol. The van der Waals surface area contributed by atoms with Crippen molar-refractivity contribution < 1.29 is 36.6 Å². The number of ether oxygens (including phenoxy) is 2. The summed E-state index contributed by atoms with van der Waals surface area (Å²) in [5, 5.41) is -0.529. The minimum atomic E-state index is -4.55. The van der Waals surface area contributed by atoms with E-state index >= 15 is 0 Å². The maximum Gasteiger partial charge on any atom is 0.381 e. The number of methoxy groups -OCH3 is 2. The van der Waals surface area contributed by atoms with Gasteiger partial charge in [0.05, 0.1) is 22.1 Å². The molecular formula is C12H11F4O4P. The number of alkyl halides is 4. The largest absolute Gasteiger partial charge is 0.464 e. The average Bonchev–Trinajstić information content (AvgIpc) is 2.45. The fourth-order valence-electron chi connectivity index (χ4n) is 1.51. The molecule has 0 atom stereocenters. The van der Waals surface area contributed by atoms with Gasteiger partial charge < -0.3 is 9.47 Å². The first-order chi connectivity index (χ1) is 9.69. The van der Waals surface area contributed by atoms with Crippen LogP contribution in [0.4, 0.5) is 17.6 Å². The molecule has 0 saturated carbocycles. The van der Waals surface area contributed by atoms with Crippen molar-refractivity contribution in [2.24, 2.45) is 0 Å². The van der Waals surface area contributed by atoms with Gasteiger partial charge in [-0.15, -0.1) is 0 Å². The second-order valence-corrected chi connectivity index (χ2v) is 6.05. The van der Waals surface area contributed by atoms with Crippen LogP contribution < -0.4 is 5.30 Å². The molecule has 0 aromatic heterocycles. The molecule has 0 amide bonds. The van der Waals surface area contributed by atoms with Crippen molar-refractivity contribution in [1.29, 1.82) is 0 Å². The van der Waals surface area contributed by atoms with Crippen molar-refractivity contribution in [3.8, 4) is 0 Å². The van der Waals surface area contributed by atoms with Gasteiger partial charge >= 0.3 is 23.3 Å². The summed E-state index contributed by atoms with van der Waals surface area (Å²) < 4.78 is 63.8. The molecule has 0 aliphatic carbocycles. The Balaban J connectivity index is 3.45. The predicted molar refractivity (Wildman–Crippen MR) is 66.9 cm³/mol. The number of carbonyl (C=O) groups excluding carboxylic acids is 2. The third kappa shape index (κ3) is 3.32. The van der Waals surface area contributed by atoms with Crippen LogP contribution in [0.3, 0.4) is 0 Å². The summed E-state index contributed by atoms with van der Waals surface area (Å²) in [6, 6.07) is 5.87. The molecular weight excluding hydrogens is 315 g/mol. The van der Waals surface area contributed by atoms with E-state index in [-0.39, 0.29) is 0 Å². The van der Waals surface area contributed by atoms with Crippen molar-refractivity contribution in [3.63, 3.8) is 0 Å². The van der Waals surface area contributed by atoms with Crippen molar-refractivity contribution in [1.82, 2.24) is 0 Å². The highest BCUT2D eigenvalue weighted by Gasteiger charge is 2.64. The number of carbonyl (C=O) groups is 2. The Bertz CT molecular complexity index is 493. The Hall–Kier alpha value is -1.69. The molecule has 1 aromatic carbocycles. The van der Waals surface area contributed by atoms with E-state index in [1.807, 2.05) is 0 Å². The second kappa shape index (κ2) is 6.39. The molecule has 116 valence electrons. The van der Waals surface area contributed by atoms with Gasteiger partial charge in [0.2, 0.25) is 0 Å². The Kier molecular flexibility index (Phi) is 5.28. The summed E-state index contributed by atoms with van der Waals surface area (Å²) in [5.74, 6) is -4.28. The van der Waals surface area contributed by atoms with Crippen LogP contribution in [0.25, 0.3) is 0 Å². The molecule has 0 bridgehead atoms. The van der Waals surface area contributed by atoms with Crippen molar-refractivity contribution >= 4 is 25.2 Å². The highest BCUT2D eigenvalue weighted by molar-refractivity contribution is 7.69.